The Balaban J connectivity index is 1.92. The van der Waals surface area contributed by atoms with E-state index in [-0.39, 0.29) is 5.60 Å². The molecule has 0 aromatic carbocycles. The SMILES string of the molecule is CC(C)[C@H]1CC[C@H](C)C23CC[C@@](C)(O)C2[C@H]13. The molecule has 0 aromatic rings. The predicted octanol–water partition coefficient (Wildman–Crippen LogP) is 3.47. The average Bonchev–Trinajstić information content (AvgIpc) is 2.79. The van der Waals surface area contributed by atoms with Crippen molar-refractivity contribution in [3.8, 4) is 0 Å². The highest BCUT2D eigenvalue weighted by molar-refractivity contribution is 5.26. The van der Waals surface area contributed by atoms with Gasteiger partial charge >= 0.3 is 0 Å². The van der Waals surface area contributed by atoms with Crippen molar-refractivity contribution in [3.05, 3.63) is 0 Å². The molecule has 0 saturated heterocycles. The Bertz CT molecular complexity index is 307. The Morgan fingerprint density at radius 3 is 2.50 bits per heavy atom. The molecule has 1 nitrogen and oxygen atoms in total. The number of aliphatic hydroxyl groups is 1. The van der Waals surface area contributed by atoms with Crippen LogP contribution in [0.4, 0.5) is 0 Å². The van der Waals surface area contributed by atoms with Gasteiger partial charge in [0.2, 0.25) is 0 Å². The van der Waals surface area contributed by atoms with E-state index in [9.17, 15) is 5.11 Å². The average molecular weight is 222 g/mol. The van der Waals surface area contributed by atoms with Crippen LogP contribution in [0.15, 0.2) is 0 Å². The van der Waals surface area contributed by atoms with Gasteiger partial charge in [0.25, 0.3) is 0 Å². The lowest BCUT2D eigenvalue weighted by atomic mass is 9.69. The van der Waals surface area contributed by atoms with Crippen LogP contribution in [0.25, 0.3) is 0 Å². The molecule has 0 heterocycles. The second-order valence-electron chi connectivity index (χ2n) is 7.36. The second-order valence-corrected chi connectivity index (χ2v) is 7.36. The third-order valence-corrected chi connectivity index (χ3v) is 6.35. The van der Waals surface area contributed by atoms with Crippen LogP contribution in [-0.2, 0) is 0 Å². The molecule has 0 amide bonds. The maximum Gasteiger partial charge on any atom is 0.0656 e. The fraction of sp³-hybridized carbons (Fsp3) is 1.00. The summed E-state index contributed by atoms with van der Waals surface area (Å²) in [5, 5.41) is 10.5. The van der Waals surface area contributed by atoms with Crippen LogP contribution < -0.4 is 0 Å². The predicted molar refractivity (Wildman–Crippen MR) is 66.0 cm³/mol. The molecule has 3 aliphatic rings. The molecule has 1 spiro atoms. The summed E-state index contributed by atoms with van der Waals surface area (Å²) in [5.74, 6) is 4.01. The molecular formula is C15H26O. The van der Waals surface area contributed by atoms with Crippen molar-refractivity contribution >= 4 is 0 Å². The summed E-state index contributed by atoms with van der Waals surface area (Å²) in [4.78, 5) is 0. The van der Waals surface area contributed by atoms with E-state index in [2.05, 4.69) is 27.7 Å². The first kappa shape index (κ1) is 11.1. The lowest BCUT2D eigenvalue weighted by molar-refractivity contribution is 0.0291. The molecular weight excluding hydrogens is 196 g/mol. The maximum atomic E-state index is 10.5. The summed E-state index contributed by atoms with van der Waals surface area (Å²) >= 11 is 0. The largest absolute Gasteiger partial charge is 0.390 e. The quantitative estimate of drug-likeness (QED) is 0.720. The van der Waals surface area contributed by atoms with Crippen molar-refractivity contribution < 1.29 is 5.11 Å². The molecule has 92 valence electrons. The van der Waals surface area contributed by atoms with E-state index in [1.165, 1.54) is 19.3 Å². The third-order valence-electron chi connectivity index (χ3n) is 6.35. The highest BCUT2D eigenvalue weighted by atomic mass is 16.3. The Kier molecular flexibility index (Phi) is 2.11. The topological polar surface area (TPSA) is 20.2 Å². The van der Waals surface area contributed by atoms with Gasteiger partial charge < -0.3 is 5.11 Å². The fourth-order valence-electron chi connectivity index (χ4n) is 5.57. The Hall–Kier alpha value is -0.0400. The van der Waals surface area contributed by atoms with Crippen LogP contribution in [0.2, 0.25) is 0 Å². The third kappa shape index (κ3) is 1.11. The van der Waals surface area contributed by atoms with E-state index in [1.54, 1.807) is 0 Å². The summed E-state index contributed by atoms with van der Waals surface area (Å²) in [6.45, 7) is 9.27. The van der Waals surface area contributed by atoms with Gasteiger partial charge in [0.05, 0.1) is 5.60 Å². The zero-order valence-electron chi connectivity index (χ0n) is 11.2. The highest BCUT2D eigenvalue weighted by Gasteiger charge is 2.77. The minimum Gasteiger partial charge on any atom is -0.390 e. The van der Waals surface area contributed by atoms with E-state index in [0.29, 0.717) is 11.3 Å². The summed E-state index contributed by atoms with van der Waals surface area (Å²) in [6, 6.07) is 0. The number of fused-ring (bicyclic) bond motifs is 1. The van der Waals surface area contributed by atoms with E-state index < -0.39 is 0 Å². The molecule has 0 bridgehead atoms. The van der Waals surface area contributed by atoms with Crippen molar-refractivity contribution in [2.75, 3.05) is 0 Å². The van der Waals surface area contributed by atoms with Gasteiger partial charge in [0, 0.05) is 0 Å². The summed E-state index contributed by atoms with van der Waals surface area (Å²) < 4.78 is 0. The number of rotatable bonds is 1. The molecule has 3 fully saturated rings. The van der Waals surface area contributed by atoms with E-state index in [0.717, 1.165) is 30.1 Å². The molecule has 6 atom stereocenters. The van der Waals surface area contributed by atoms with Crippen molar-refractivity contribution in [1.29, 1.82) is 0 Å². The smallest absolute Gasteiger partial charge is 0.0656 e. The Morgan fingerprint density at radius 2 is 1.88 bits per heavy atom. The van der Waals surface area contributed by atoms with Crippen LogP contribution >= 0.6 is 0 Å². The van der Waals surface area contributed by atoms with Gasteiger partial charge in [0.1, 0.15) is 0 Å². The molecule has 3 aliphatic carbocycles. The van der Waals surface area contributed by atoms with Gasteiger partial charge in [-0.2, -0.15) is 0 Å². The minimum atomic E-state index is -0.351. The molecule has 2 unspecified atom stereocenters. The number of hydrogen-bond donors (Lipinski definition) is 1. The van der Waals surface area contributed by atoms with E-state index in [4.69, 9.17) is 0 Å². The van der Waals surface area contributed by atoms with E-state index >= 15 is 0 Å². The van der Waals surface area contributed by atoms with Gasteiger partial charge in [-0.25, -0.2) is 0 Å². The molecule has 3 saturated carbocycles. The number of hydrogen-bond acceptors (Lipinski definition) is 1. The molecule has 0 radical (unpaired) electrons. The molecule has 0 aromatic heterocycles. The van der Waals surface area contributed by atoms with Crippen LogP contribution in [0.5, 0.6) is 0 Å². The summed E-state index contributed by atoms with van der Waals surface area (Å²) in [6.07, 6.45) is 5.13. The van der Waals surface area contributed by atoms with Crippen molar-refractivity contribution in [2.24, 2.45) is 35.0 Å². The van der Waals surface area contributed by atoms with Gasteiger partial charge in [-0.1, -0.05) is 20.8 Å². The van der Waals surface area contributed by atoms with Crippen LogP contribution in [0, 0.1) is 35.0 Å². The lowest BCUT2D eigenvalue weighted by Gasteiger charge is -2.36. The van der Waals surface area contributed by atoms with Crippen molar-refractivity contribution in [2.45, 2.75) is 59.0 Å². The first-order valence-electron chi connectivity index (χ1n) is 7.13. The van der Waals surface area contributed by atoms with Crippen LogP contribution in [-0.4, -0.2) is 10.7 Å². The van der Waals surface area contributed by atoms with Gasteiger partial charge in [0.15, 0.2) is 0 Å². The normalized spacial score (nSPS) is 59.6. The van der Waals surface area contributed by atoms with E-state index in [1.807, 2.05) is 0 Å². The summed E-state index contributed by atoms with van der Waals surface area (Å²) in [5.41, 5.74) is 0.201. The van der Waals surface area contributed by atoms with Crippen LogP contribution in [0.3, 0.4) is 0 Å². The maximum absolute atomic E-state index is 10.5. The molecule has 16 heavy (non-hydrogen) atoms. The first-order chi connectivity index (χ1) is 7.41. The lowest BCUT2D eigenvalue weighted by Crippen LogP contribution is -2.30. The second kappa shape index (κ2) is 3.04. The molecule has 1 heteroatoms. The molecule has 0 aliphatic heterocycles. The first-order valence-corrected chi connectivity index (χ1v) is 7.13. The molecule has 1 N–H and O–H groups in total. The van der Waals surface area contributed by atoms with Crippen molar-refractivity contribution in [1.82, 2.24) is 0 Å². The molecule has 3 rings (SSSR count). The standard InChI is InChI=1S/C15H26O/c1-9(2)11-6-5-10(3)15-8-7-14(4,16)13(15)12(11)15/h9-13,16H,5-8H2,1-4H3/t10-,11+,12-,13?,14+,15?/m0/s1. The zero-order valence-corrected chi connectivity index (χ0v) is 11.2. The van der Waals surface area contributed by atoms with Gasteiger partial charge in [-0.3, -0.25) is 0 Å². The van der Waals surface area contributed by atoms with Gasteiger partial charge in [-0.05, 0) is 67.6 Å². The van der Waals surface area contributed by atoms with Crippen molar-refractivity contribution in [3.63, 3.8) is 0 Å². The monoisotopic (exact) mass is 222 g/mol. The minimum absolute atomic E-state index is 0.351. The Labute approximate surface area is 99.6 Å². The fourth-order valence-corrected chi connectivity index (χ4v) is 5.57. The Morgan fingerprint density at radius 1 is 1.19 bits per heavy atom. The van der Waals surface area contributed by atoms with Gasteiger partial charge in [-0.15, -0.1) is 0 Å². The zero-order chi connectivity index (χ0) is 11.7. The van der Waals surface area contributed by atoms with Crippen LogP contribution in [0.1, 0.15) is 53.4 Å². The highest BCUT2D eigenvalue weighted by Crippen LogP contribution is 2.80. The summed E-state index contributed by atoms with van der Waals surface area (Å²) in [7, 11) is 0.